The van der Waals surface area contributed by atoms with Crippen LogP contribution in [0.2, 0.25) is 0 Å². The van der Waals surface area contributed by atoms with Crippen molar-refractivity contribution in [2.45, 2.75) is 6.92 Å². The molecule has 0 aliphatic heterocycles. The van der Waals surface area contributed by atoms with Crippen LogP contribution in [0.4, 0.5) is 5.69 Å². The summed E-state index contributed by atoms with van der Waals surface area (Å²) in [6.07, 6.45) is 0. The van der Waals surface area contributed by atoms with Crippen LogP contribution < -0.4 is 0 Å². The number of hydrogen-bond acceptors (Lipinski definition) is 4. The molecule has 2 aromatic carbocycles. The highest BCUT2D eigenvalue weighted by Gasteiger charge is 2.21. The summed E-state index contributed by atoms with van der Waals surface area (Å²) in [4.78, 5) is 29.8. The van der Waals surface area contributed by atoms with Gasteiger partial charge in [-0.25, -0.2) is 9.78 Å². The molecule has 0 radical (unpaired) electrons. The number of nitrogens with zero attached hydrogens (tertiary/aromatic N) is 2. The van der Waals surface area contributed by atoms with E-state index in [1.54, 1.807) is 19.1 Å². The second-order valence-corrected chi connectivity index (χ2v) is 7.02. The Kier molecular flexibility index (Phi) is 3.92. The first-order valence-corrected chi connectivity index (χ1v) is 8.76. The van der Waals surface area contributed by atoms with Gasteiger partial charge in [0.15, 0.2) is 5.69 Å². The SMILES string of the molecule is Cc1c(C(=O)O)nc(-c2ccc([N+](=O)[O-])cc2)c2[nH]c3ccc(Br)cc3c12. The number of aromatic carboxylic acids is 1. The molecule has 0 fully saturated rings. The van der Waals surface area contributed by atoms with Crippen molar-refractivity contribution in [3.63, 3.8) is 0 Å². The molecule has 0 saturated heterocycles. The Morgan fingerprint density at radius 2 is 1.93 bits per heavy atom. The van der Waals surface area contributed by atoms with Crippen LogP contribution in [0.1, 0.15) is 16.1 Å². The van der Waals surface area contributed by atoms with Gasteiger partial charge < -0.3 is 10.1 Å². The highest BCUT2D eigenvalue weighted by atomic mass is 79.9. The van der Waals surface area contributed by atoms with Crippen molar-refractivity contribution < 1.29 is 14.8 Å². The number of aryl methyl sites for hydroxylation is 1. The van der Waals surface area contributed by atoms with E-state index in [-0.39, 0.29) is 11.4 Å². The molecule has 2 heterocycles. The summed E-state index contributed by atoms with van der Waals surface area (Å²) >= 11 is 3.45. The van der Waals surface area contributed by atoms with Crippen molar-refractivity contribution in [2.75, 3.05) is 0 Å². The number of aromatic nitrogens is 2. The van der Waals surface area contributed by atoms with Gasteiger partial charge in [0, 0.05) is 38.5 Å². The Balaban J connectivity index is 2.10. The molecule has 0 bridgehead atoms. The van der Waals surface area contributed by atoms with Crippen LogP contribution in [0.3, 0.4) is 0 Å². The Morgan fingerprint density at radius 3 is 2.56 bits per heavy atom. The molecule has 0 spiro atoms. The molecule has 0 saturated carbocycles. The number of rotatable bonds is 3. The van der Waals surface area contributed by atoms with Gasteiger partial charge in [0.2, 0.25) is 0 Å². The maximum absolute atomic E-state index is 11.7. The van der Waals surface area contributed by atoms with E-state index in [0.29, 0.717) is 22.3 Å². The van der Waals surface area contributed by atoms with E-state index in [4.69, 9.17) is 0 Å². The number of hydrogen-bond donors (Lipinski definition) is 2. The van der Waals surface area contributed by atoms with E-state index in [1.165, 1.54) is 12.1 Å². The number of carboxylic acid groups (broad SMARTS) is 1. The molecular formula is C19H12BrN3O4. The van der Waals surface area contributed by atoms with Gasteiger partial charge >= 0.3 is 5.97 Å². The quantitative estimate of drug-likeness (QED) is 0.352. The minimum absolute atomic E-state index is 0.0406. The number of nitrogens with one attached hydrogen (secondary N) is 1. The van der Waals surface area contributed by atoms with E-state index in [1.807, 2.05) is 18.2 Å². The van der Waals surface area contributed by atoms with Crippen molar-refractivity contribution in [1.29, 1.82) is 0 Å². The van der Waals surface area contributed by atoms with Gasteiger partial charge in [0.1, 0.15) is 0 Å². The molecule has 134 valence electrons. The van der Waals surface area contributed by atoms with E-state index < -0.39 is 10.9 Å². The number of benzene rings is 2. The van der Waals surface area contributed by atoms with E-state index in [0.717, 1.165) is 20.8 Å². The summed E-state index contributed by atoms with van der Waals surface area (Å²) in [5.74, 6) is -1.12. The Hall–Kier alpha value is -3.26. The van der Waals surface area contributed by atoms with Gasteiger partial charge in [-0.05, 0) is 42.8 Å². The summed E-state index contributed by atoms with van der Waals surface area (Å²) < 4.78 is 0.876. The van der Waals surface area contributed by atoms with Gasteiger partial charge in [0.25, 0.3) is 5.69 Å². The fourth-order valence-corrected chi connectivity index (χ4v) is 3.62. The van der Waals surface area contributed by atoms with Crippen LogP contribution in [-0.4, -0.2) is 26.0 Å². The number of aromatic amines is 1. The summed E-state index contributed by atoms with van der Waals surface area (Å²) in [6.45, 7) is 1.73. The zero-order chi connectivity index (χ0) is 19.3. The van der Waals surface area contributed by atoms with Crippen molar-refractivity contribution in [1.82, 2.24) is 9.97 Å². The van der Waals surface area contributed by atoms with Crippen molar-refractivity contribution in [3.8, 4) is 11.3 Å². The number of halogens is 1. The van der Waals surface area contributed by atoms with Crippen LogP contribution in [0.25, 0.3) is 33.1 Å². The van der Waals surface area contributed by atoms with Crippen molar-refractivity contribution >= 4 is 49.4 Å². The average molecular weight is 426 g/mol. The van der Waals surface area contributed by atoms with Gasteiger partial charge in [0.05, 0.1) is 16.1 Å². The molecular weight excluding hydrogens is 414 g/mol. The number of H-pyrrole nitrogens is 1. The van der Waals surface area contributed by atoms with Gasteiger partial charge in [-0.3, -0.25) is 10.1 Å². The van der Waals surface area contributed by atoms with E-state index in [9.17, 15) is 20.0 Å². The molecule has 4 aromatic rings. The standard InChI is InChI=1S/C19H12BrN3O4/c1-9-15-13-8-11(20)4-7-14(13)21-18(15)17(22-16(9)19(24)25)10-2-5-12(6-3-10)23(26)27/h2-8,21H,1H3,(H,24,25). The number of non-ortho nitro benzene ring substituents is 1. The number of fused-ring (bicyclic) bond motifs is 3. The van der Waals surface area contributed by atoms with E-state index in [2.05, 4.69) is 25.9 Å². The Labute approximate surface area is 160 Å². The minimum atomic E-state index is -1.12. The third-order valence-corrected chi connectivity index (χ3v) is 5.00. The van der Waals surface area contributed by atoms with Crippen molar-refractivity contribution in [2.24, 2.45) is 0 Å². The first-order chi connectivity index (χ1) is 12.9. The molecule has 7 nitrogen and oxygen atoms in total. The summed E-state index contributed by atoms with van der Waals surface area (Å²) in [6, 6.07) is 11.6. The lowest BCUT2D eigenvalue weighted by atomic mass is 10.0. The lowest BCUT2D eigenvalue weighted by Gasteiger charge is -2.09. The highest BCUT2D eigenvalue weighted by molar-refractivity contribution is 9.10. The molecule has 0 atom stereocenters. The number of pyridine rings is 1. The Morgan fingerprint density at radius 1 is 1.22 bits per heavy atom. The molecule has 2 N–H and O–H groups in total. The normalized spacial score (nSPS) is 11.2. The predicted molar refractivity (Wildman–Crippen MR) is 105 cm³/mol. The maximum Gasteiger partial charge on any atom is 0.354 e. The molecule has 0 aliphatic carbocycles. The van der Waals surface area contributed by atoms with Gasteiger partial charge in [-0.1, -0.05) is 15.9 Å². The number of nitro benzene ring substituents is 1. The highest BCUT2D eigenvalue weighted by Crippen LogP contribution is 2.36. The van der Waals surface area contributed by atoms with Crippen LogP contribution in [0.15, 0.2) is 46.9 Å². The maximum atomic E-state index is 11.7. The topological polar surface area (TPSA) is 109 Å². The van der Waals surface area contributed by atoms with Crippen LogP contribution >= 0.6 is 15.9 Å². The minimum Gasteiger partial charge on any atom is -0.477 e. The summed E-state index contributed by atoms with van der Waals surface area (Å²) in [5.41, 5.74) is 3.06. The first-order valence-electron chi connectivity index (χ1n) is 7.96. The van der Waals surface area contributed by atoms with Crippen LogP contribution in [0.5, 0.6) is 0 Å². The van der Waals surface area contributed by atoms with Gasteiger partial charge in [-0.15, -0.1) is 0 Å². The Bertz CT molecular complexity index is 1250. The summed E-state index contributed by atoms with van der Waals surface area (Å²) in [5, 5.41) is 22.2. The fraction of sp³-hybridized carbons (Fsp3) is 0.0526. The third kappa shape index (κ3) is 2.74. The lowest BCUT2D eigenvalue weighted by molar-refractivity contribution is -0.384. The average Bonchev–Trinajstić information content (AvgIpc) is 3.01. The molecule has 4 rings (SSSR count). The van der Waals surface area contributed by atoms with Gasteiger partial charge in [-0.2, -0.15) is 0 Å². The molecule has 0 aliphatic rings. The fourth-order valence-electron chi connectivity index (χ4n) is 3.26. The second-order valence-electron chi connectivity index (χ2n) is 6.11. The van der Waals surface area contributed by atoms with Crippen molar-refractivity contribution in [3.05, 3.63) is 68.3 Å². The number of nitro groups is 1. The first kappa shape index (κ1) is 17.2. The smallest absolute Gasteiger partial charge is 0.354 e. The second kappa shape index (κ2) is 6.17. The van der Waals surface area contributed by atoms with Crippen LogP contribution in [0, 0.1) is 17.0 Å². The summed E-state index contributed by atoms with van der Waals surface area (Å²) in [7, 11) is 0. The zero-order valence-electron chi connectivity index (χ0n) is 14.0. The zero-order valence-corrected chi connectivity index (χ0v) is 15.6. The monoisotopic (exact) mass is 425 g/mol. The molecule has 0 amide bonds. The number of carbonyl (C=O) groups is 1. The molecule has 27 heavy (non-hydrogen) atoms. The molecule has 8 heteroatoms. The molecule has 0 unspecified atom stereocenters. The predicted octanol–water partition coefficient (Wildman–Crippen LogP) is 5.06. The third-order valence-electron chi connectivity index (χ3n) is 4.51. The largest absolute Gasteiger partial charge is 0.477 e. The number of carboxylic acids is 1. The van der Waals surface area contributed by atoms with E-state index >= 15 is 0 Å². The molecule has 2 aromatic heterocycles. The van der Waals surface area contributed by atoms with Crippen LogP contribution in [-0.2, 0) is 0 Å². The lowest BCUT2D eigenvalue weighted by Crippen LogP contribution is -2.05.